The number of aromatic amines is 1. The van der Waals surface area contributed by atoms with E-state index in [-0.39, 0.29) is 11.4 Å². The topological polar surface area (TPSA) is 67.0 Å². The van der Waals surface area contributed by atoms with Gasteiger partial charge in [-0.1, -0.05) is 18.9 Å². The van der Waals surface area contributed by atoms with Crippen molar-refractivity contribution in [2.24, 2.45) is 0 Å². The van der Waals surface area contributed by atoms with Crippen molar-refractivity contribution in [2.45, 2.75) is 44.6 Å². The molecule has 1 heterocycles. The summed E-state index contributed by atoms with van der Waals surface area (Å²) in [6.07, 6.45) is 4.71. The number of rotatable bonds is 5. The van der Waals surface area contributed by atoms with Crippen LogP contribution < -0.4 is 5.32 Å². The van der Waals surface area contributed by atoms with Gasteiger partial charge in [-0.3, -0.25) is 4.79 Å². The number of methoxy groups -OCH3 is 1. The minimum absolute atomic E-state index is 0.0644. The third-order valence-corrected chi connectivity index (χ3v) is 4.42. The summed E-state index contributed by atoms with van der Waals surface area (Å²) >= 11 is 0. The largest absolute Gasteiger partial charge is 0.382 e. The molecule has 1 aromatic heterocycles. The van der Waals surface area contributed by atoms with Gasteiger partial charge in [0.2, 0.25) is 5.91 Å². The van der Waals surface area contributed by atoms with Crippen LogP contribution in [0.2, 0.25) is 0 Å². The number of hydrogen-bond acceptors (Lipinski definition) is 3. The maximum absolute atomic E-state index is 12.4. The Labute approximate surface area is 130 Å². The molecule has 2 N–H and O–H groups in total. The lowest BCUT2D eigenvalue weighted by molar-refractivity contribution is -0.123. The fourth-order valence-corrected chi connectivity index (χ4v) is 3.45. The number of ether oxygens (including phenoxy) is 1. The van der Waals surface area contributed by atoms with E-state index < -0.39 is 0 Å². The minimum atomic E-state index is -0.166. The molecule has 5 nitrogen and oxygen atoms in total. The Bertz CT molecular complexity index is 672. The zero-order valence-corrected chi connectivity index (χ0v) is 13.2. The van der Waals surface area contributed by atoms with Crippen molar-refractivity contribution < 1.29 is 9.53 Å². The number of nitrogens with zero attached hydrogens (tertiary/aromatic N) is 1. The van der Waals surface area contributed by atoms with E-state index in [0.717, 1.165) is 48.1 Å². The Morgan fingerprint density at radius 1 is 1.41 bits per heavy atom. The second-order valence-electron chi connectivity index (χ2n) is 6.32. The van der Waals surface area contributed by atoms with E-state index in [1.165, 1.54) is 0 Å². The quantitative estimate of drug-likeness (QED) is 0.891. The average molecular weight is 301 g/mol. The van der Waals surface area contributed by atoms with Crippen molar-refractivity contribution in [3.63, 3.8) is 0 Å². The molecule has 0 saturated heterocycles. The minimum Gasteiger partial charge on any atom is -0.382 e. The number of hydrogen-bond donors (Lipinski definition) is 2. The van der Waals surface area contributed by atoms with Crippen molar-refractivity contribution in [3.8, 4) is 0 Å². The summed E-state index contributed by atoms with van der Waals surface area (Å²) in [4.78, 5) is 20.0. The van der Waals surface area contributed by atoms with Crippen molar-refractivity contribution >= 4 is 16.9 Å². The molecule has 1 saturated carbocycles. The van der Waals surface area contributed by atoms with Gasteiger partial charge in [0.15, 0.2) is 0 Å². The normalized spacial score (nSPS) is 17.0. The first-order valence-corrected chi connectivity index (χ1v) is 7.85. The number of aryl methyl sites for hydroxylation is 1. The lowest BCUT2D eigenvalue weighted by Crippen LogP contribution is -2.50. The predicted molar refractivity (Wildman–Crippen MR) is 85.8 cm³/mol. The lowest BCUT2D eigenvalue weighted by Gasteiger charge is -2.29. The molecule has 0 spiro atoms. The van der Waals surface area contributed by atoms with Crippen LogP contribution in [0.3, 0.4) is 0 Å². The molecule has 1 aromatic carbocycles. The third-order valence-electron chi connectivity index (χ3n) is 4.42. The lowest BCUT2D eigenvalue weighted by atomic mass is 9.98. The van der Waals surface area contributed by atoms with E-state index in [4.69, 9.17) is 4.74 Å². The fraction of sp³-hybridized carbons (Fsp3) is 0.529. The zero-order valence-electron chi connectivity index (χ0n) is 13.2. The van der Waals surface area contributed by atoms with Crippen LogP contribution in [0.4, 0.5) is 0 Å². The van der Waals surface area contributed by atoms with Gasteiger partial charge in [0.05, 0.1) is 29.6 Å². The molecule has 3 rings (SSSR count). The van der Waals surface area contributed by atoms with Gasteiger partial charge in [-0.25, -0.2) is 4.98 Å². The number of carbonyl (C=O) groups is 1. The summed E-state index contributed by atoms with van der Waals surface area (Å²) in [6, 6.07) is 5.94. The number of imidazole rings is 1. The fourth-order valence-electron chi connectivity index (χ4n) is 3.45. The summed E-state index contributed by atoms with van der Waals surface area (Å²) < 4.78 is 5.31. The van der Waals surface area contributed by atoms with Crippen LogP contribution in [0.1, 0.15) is 37.1 Å². The van der Waals surface area contributed by atoms with Gasteiger partial charge < -0.3 is 15.0 Å². The van der Waals surface area contributed by atoms with E-state index in [9.17, 15) is 4.79 Å². The van der Waals surface area contributed by atoms with Crippen LogP contribution in [0.5, 0.6) is 0 Å². The third kappa shape index (κ3) is 3.14. The maximum Gasteiger partial charge on any atom is 0.224 e. The molecule has 0 atom stereocenters. The number of aromatic nitrogens is 2. The molecule has 22 heavy (non-hydrogen) atoms. The van der Waals surface area contributed by atoms with Gasteiger partial charge in [-0.15, -0.1) is 0 Å². The van der Waals surface area contributed by atoms with Crippen LogP contribution in [-0.2, 0) is 16.0 Å². The van der Waals surface area contributed by atoms with Crippen LogP contribution in [0.15, 0.2) is 18.2 Å². The number of carbonyl (C=O) groups excluding carboxylic acids is 1. The Morgan fingerprint density at radius 3 is 2.91 bits per heavy atom. The predicted octanol–water partition coefficient (Wildman–Crippen LogP) is 2.49. The molecule has 1 aliphatic carbocycles. The number of amides is 1. The monoisotopic (exact) mass is 301 g/mol. The van der Waals surface area contributed by atoms with E-state index in [0.29, 0.717) is 13.0 Å². The summed E-state index contributed by atoms with van der Waals surface area (Å²) in [7, 11) is 1.70. The Hall–Kier alpha value is -1.88. The molecule has 1 aliphatic rings. The highest BCUT2D eigenvalue weighted by Crippen LogP contribution is 2.30. The van der Waals surface area contributed by atoms with Crippen molar-refractivity contribution in [2.75, 3.05) is 13.7 Å². The molecule has 0 radical (unpaired) electrons. The molecule has 0 unspecified atom stereocenters. The molecule has 1 fully saturated rings. The summed E-state index contributed by atoms with van der Waals surface area (Å²) in [5, 5.41) is 3.21. The summed E-state index contributed by atoms with van der Waals surface area (Å²) in [5.41, 5.74) is 2.75. The highest BCUT2D eigenvalue weighted by molar-refractivity contribution is 5.82. The number of nitrogens with one attached hydrogen (secondary N) is 2. The number of benzene rings is 1. The SMILES string of the molecule is COCC1(NC(=O)Cc2ccc3nc(C)[nH]c3c2)CCCC1. The van der Waals surface area contributed by atoms with E-state index in [1.54, 1.807) is 7.11 Å². The smallest absolute Gasteiger partial charge is 0.224 e. The van der Waals surface area contributed by atoms with Gasteiger partial charge >= 0.3 is 0 Å². The van der Waals surface area contributed by atoms with Crippen LogP contribution in [0, 0.1) is 6.92 Å². The summed E-state index contributed by atoms with van der Waals surface area (Å²) in [6.45, 7) is 2.53. The van der Waals surface area contributed by atoms with Gasteiger partial charge in [-0.2, -0.15) is 0 Å². The first-order chi connectivity index (χ1) is 10.6. The maximum atomic E-state index is 12.4. The van der Waals surface area contributed by atoms with E-state index >= 15 is 0 Å². The molecule has 118 valence electrons. The molecule has 0 aliphatic heterocycles. The van der Waals surface area contributed by atoms with E-state index in [2.05, 4.69) is 15.3 Å². The number of H-pyrrole nitrogens is 1. The molecule has 1 amide bonds. The molecule has 5 heteroatoms. The van der Waals surface area contributed by atoms with Gasteiger partial charge in [0.1, 0.15) is 5.82 Å². The van der Waals surface area contributed by atoms with Crippen LogP contribution in [0.25, 0.3) is 11.0 Å². The van der Waals surface area contributed by atoms with Crippen LogP contribution >= 0.6 is 0 Å². The molecular weight excluding hydrogens is 278 g/mol. The van der Waals surface area contributed by atoms with Gasteiger partial charge in [0.25, 0.3) is 0 Å². The highest BCUT2D eigenvalue weighted by atomic mass is 16.5. The average Bonchev–Trinajstić information content (AvgIpc) is 3.04. The Balaban J connectivity index is 1.69. The number of fused-ring (bicyclic) bond motifs is 1. The van der Waals surface area contributed by atoms with Crippen molar-refractivity contribution in [3.05, 3.63) is 29.6 Å². The van der Waals surface area contributed by atoms with Crippen LogP contribution in [-0.4, -0.2) is 35.1 Å². The first-order valence-electron chi connectivity index (χ1n) is 7.85. The molecule has 0 bridgehead atoms. The molecule has 2 aromatic rings. The van der Waals surface area contributed by atoms with E-state index in [1.807, 2.05) is 25.1 Å². The van der Waals surface area contributed by atoms with Gasteiger partial charge in [-0.05, 0) is 37.5 Å². The second-order valence-corrected chi connectivity index (χ2v) is 6.32. The van der Waals surface area contributed by atoms with Gasteiger partial charge in [0, 0.05) is 7.11 Å². The van der Waals surface area contributed by atoms with Crippen molar-refractivity contribution in [1.29, 1.82) is 0 Å². The first kappa shape index (κ1) is 15.0. The zero-order chi connectivity index (χ0) is 15.6. The molecular formula is C17H23N3O2. The van der Waals surface area contributed by atoms with Crippen molar-refractivity contribution in [1.82, 2.24) is 15.3 Å². The highest BCUT2D eigenvalue weighted by Gasteiger charge is 2.35. The Kier molecular flexibility index (Phi) is 4.16. The second kappa shape index (κ2) is 6.08. The summed E-state index contributed by atoms with van der Waals surface area (Å²) in [5.74, 6) is 0.955. The Morgan fingerprint density at radius 2 is 2.18 bits per heavy atom. The standard InChI is InChI=1S/C17H23N3O2/c1-12-18-14-6-5-13(9-15(14)19-12)10-16(21)20-17(11-22-2)7-3-4-8-17/h5-6,9H,3-4,7-8,10-11H2,1-2H3,(H,18,19)(H,20,21).